The first-order chi connectivity index (χ1) is 8.81. The summed E-state index contributed by atoms with van der Waals surface area (Å²) in [6.45, 7) is 0. The van der Waals surface area contributed by atoms with Crippen molar-refractivity contribution in [1.82, 2.24) is 14.8 Å². The maximum Gasteiger partial charge on any atom is 0.338 e. The Hall–Kier alpha value is -1.91. The lowest BCUT2D eigenvalue weighted by Gasteiger charge is -2.10. The molecular formula is C13H15N3O2. The molecule has 0 unspecified atom stereocenters. The summed E-state index contributed by atoms with van der Waals surface area (Å²) in [7, 11) is 1.38. The minimum absolute atomic E-state index is 0.339. The summed E-state index contributed by atoms with van der Waals surface area (Å²) in [6, 6.07) is 2.09. The van der Waals surface area contributed by atoms with Crippen LogP contribution in [0.3, 0.4) is 0 Å². The van der Waals surface area contributed by atoms with E-state index in [1.165, 1.54) is 20.0 Å². The molecule has 1 aliphatic carbocycles. The van der Waals surface area contributed by atoms with Crippen LogP contribution in [0.25, 0.3) is 11.0 Å². The highest BCUT2D eigenvalue weighted by Crippen LogP contribution is 2.31. The van der Waals surface area contributed by atoms with Gasteiger partial charge in [0.25, 0.3) is 0 Å². The second kappa shape index (κ2) is 4.40. The lowest BCUT2D eigenvalue weighted by Crippen LogP contribution is -2.08. The molecular weight excluding hydrogens is 230 g/mol. The second-order valence-electron chi connectivity index (χ2n) is 4.61. The van der Waals surface area contributed by atoms with E-state index >= 15 is 0 Å². The molecule has 0 atom stereocenters. The fraction of sp³-hybridized carbons (Fsp3) is 0.462. The summed E-state index contributed by atoms with van der Waals surface area (Å²) in [5.41, 5.74) is 1.32. The number of nitrogens with zero attached hydrogens (tertiary/aromatic N) is 3. The quantitative estimate of drug-likeness (QED) is 0.762. The Labute approximate surface area is 105 Å². The van der Waals surface area contributed by atoms with Crippen LogP contribution in [-0.4, -0.2) is 27.8 Å². The third-order valence-electron chi connectivity index (χ3n) is 3.57. The fourth-order valence-electron chi connectivity index (χ4n) is 2.65. The lowest BCUT2D eigenvalue weighted by atomic mass is 10.2. The molecule has 0 bridgehead atoms. The third kappa shape index (κ3) is 1.66. The van der Waals surface area contributed by atoms with Crippen LogP contribution in [0.5, 0.6) is 0 Å². The highest BCUT2D eigenvalue weighted by Gasteiger charge is 2.22. The van der Waals surface area contributed by atoms with Gasteiger partial charge in [-0.15, -0.1) is 0 Å². The molecule has 2 aromatic rings. The molecule has 1 fully saturated rings. The third-order valence-corrected chi connectivity index (χ3v) is 3.57. The van der Waals surface area contributed by atoms with E-state index < -0.39 is 0 Å². The highest BCUT2D eigenvalue weighted by molar-refractivity contribution is 6.02. The number of ether oxygens (including phenoxy) is 1. The van der Waals surface area contributed by atoms with Gasteiger partial charge in [0.15, 0.2) is 5.65 Å². The van der Waals surface area contributed by atoms with Crippen molar-refractivity contribution in [2.24, 2.45) is 0 Å². The Morgan fingerprint density at radius 2 is 2.22 bits per heavy atom. The van der Waals surface area contributed by atoms with Crippen LogP contribution in [0.2, 0.25) is 0 Å². The molecule has 2 heterocycles. The van der Waals surface area contributed by atoms with Crippen molar-refractivity contribution < 1.29 is 9.53 Å². The van der Waals surface area contributed by atoms with Crippen LogP contribution in [0, 0.1) is 0 Å². The van der Waals surface area contributed by atoms with Crippen molar-refractivity contribution in [2.75, 3.05) is 7.11 Å². The molecule has 0 aromatic carbocycles. The van der Waals surface area contributed by atoms with Crippen LogP contribution < -0.4 is 0 Å². The van der Waals surface area contributed by atoms with Crippen molar-refractivity contribution in [3.8, 4) is 0 Å². The standard InChI is InChI=1S/C13H15N3O2/c1-18-13(17)10-6-7-14-12-11(10)8-15-16(12)9-4-2-3-5-9/h6-9H,2-5H2,1H3. The largest absolute Gasteiger partial charge is 0.465 e. The van der Waals surface area contributed by atoms with Crippen LogP contribution >= 0.6 is 0 Å². The smallest absolute Gasteiger partial charge is 0.338 e. The molecule has 0 spiro atoms. The zero-order valence-corrected chi connectivity index (χ0v) is 10.3. The minimum atomic E-state index is -0.339. The number of hydrogen-bond acceptors (Lipinski definition) is 4. The summed E-state index contributed by atoms with van der Waals surface area (Å²) in [4.78, 5) is 16.0. The van der Waals surface area contributed by atoms with Crippen molar-refractivity contribution in [3.63, 3.8) is 0 Å². The van der Waals surface area contributed by atoms with Crippen LogP contribution in [0.1, 0.15) is 42.1 Å². The molecule has 1 saturated carbocycles. The molecule has 0 N–H and O–H groups in total. The maximum atomic E-state index is 11.7. The number of hydrogen-bond donors (Lipinski definition) is 0. The predicted molar refractivity (Wildman–Crippen MR) is 66.4 cm³/mol. The molecule has 0 amide bonds. The van der Waals surface area contributed by atoms with Gasteiger partial charge >= 0.3 is 5.97 Å². The summed E-state index contributed by atoms with van der Waals surface area (Å²) in [5, 5.41) is 5.18. The Bertz CT molecular complexity index is 585. The van der Waals surface area contributed by atoms with Gasteiger partial charge in [0.05, 0.1) is 30.3 Å². The van der Waals surface area contributed by atoms with Gasteiger partial charge in [0.2, 0.25) is 0 Å². The van der Waals surface area contributed by atoms with E-state index in [0.717, 1.165) is 23.9 Å². The van der Waals surface area contributed by atoms with Gasteiger partial charge in [-0.3, -0.25) is 0 Å². The number of esters is 1. The van der Waals surface area contributed by atoms with Gasteiger partial charge in [-0.25, -0.2) is 14.5 Å². The molecule has 2 aromatic heterocycles. The van der Waals surface area contributed by atoms with Crippen molar-refractivity contribution in [1.29, 1.82) is 0 Å². The Kier molecular flexibility index (Phi) is 2.74. The molecule has 0 radical (unpaired) electrons. The molecule has 0 aliphatic heterocycles. The minimum Gasteiger partial charge on any atom is -0.465 e. The zero-order chi connectivity index (χ0) is 12.5. The van der Waals surface area contributed by atoms with Gasteiger partial charge in [-0.1, -0.05) is 12.8 Å². The summed E-state index contributed by atoms with van der Waals surface area (Å²) >= 11 is 0. The molecule has 3 rings (SSSR count). The van der Waals surface area contributed by atoms with Crippen LogP contribution in [0.15, 0.2) is 18.5 Å². The number of aromatic nitrogens is 3. The average Bonchev–Trinajstić information content (AvgIpc) is 3.05. The lowest BCUT2D eigenvalue weighted by molar-refractivity contribution is 0.0603. The number of rotatable bonds is 2. The van der Waals surface area contributed by atoms with Crippen molar-refractivity contribution in [3.05, 3.63) is 24.0 Å². The monoisotopic (exact) mass is 245 g/mol. The maximum absolute atomic E-state index is 11.7. The SMILES string of the molecule is COC(=O)c1ccnc2c1cnn2C1CCCC1. The molecule has 5 heteroatoms. The van der Waals surface area contributed by atoms with Gasteiger partial charge in [0, 0.05) is 6.20 Å². The van der Waals surface area contributed by atoms with Gasteiger partial charge in [-0.05, 0) is 18.9 Å². The highest BCUT2D eigenvalue weighted by atomic mass is 16.5. The topological polar surface area (TPSA) is 57.0 Å². The van der Waals surface area contributed by atoms with E-state index in [0.29, 0.717) is 11.6 Å². The average molecular weight is 245 g/mol. The molecule has 18 heavy (non-hydrogen) atoms. The molecule has 1 aliphatic rings. The number of fused-ring (bicyclic) bond motifs is 1. The molecule has 5 nitrogen and oxygen atoms in total. The number of carbonyl (C=O) groups is 1. The predicted octanol–water partition coefficient (Wildman–Crippen LogP) is 2.33. The Morgan fingerprint density at radius 1 is 1.44 bits per heavy atom. The van der Waals surface area contributed by atoms with Gasteiger partial charge in [0.1, 0.15) is 0 Å². The van der Waals surface area contributed by atoms with E-state index in [1.54, 1.807) is 18.5 Å². The van der Waals surface area contributed by atoms with Crippen LogP contribution in [0.4, 0.5) is 0 Å². The van der Waals surface area contributed by atoms with Gasteiger partial charge in [-0.2, -0.15) is 5.10 Å². The second-order valence-corrected chi connectivity index (χ2v) is 4.61. The van der Waals surface area contributed by atoms with E-state index in [2.05, 4.69) is 10.1 Å². The number of methoxy groups -OCH3 is 1. The van der Waals surface area contributed by atoms with E-state index in [4.69, 9.17) is 4.74 Å². The normalized spacial score (nSPS) is 16.3. The summed E-state index contributed by atoms with van der Waals surface area (Å²) < 4.78 is 6.73. The van der Waals surface area contributed by atoms with Crippen LogP contribution in [-0.2, 0) is 4.74 Å². The first-order valence-electron chi connectivity index (χ1n) is 6.22. The van der Waals surface area contributed by atoms with E-state index in [-0.39, 0.29) is 5.97 Å². The molecule has 0 saturated heterocycles. The van der Waals surface area contributed by atoms with Gasteiger partial charge < -0.3 is 4.74 Å². The zero-order valence-electron chi connectivity index (χ0n) is 10.3. The van der Waals surface area contributed by atoms with E-state index in [9.17, 15) is 4.79 Å². The first-order valence-corrected chi connectivity index (χ1v) is 6.22. The Morgan fingerprint density at radius 3 is 2.94 bits per heavy atom. The fourth-order valence-corrected chi connectivity index (χ4v) is 2.65. The van der Waals surface area contributed by atoms with Crippen molar-refractivity contribution >= 4 is 17.0 Å². The Balaban J connectivity index is 2.11. The first kappa shape index (κ1) is 11.2. The number of pyridine rings is 1. The van der Waals surface area contributed by atoms with Crippen molar-refractivity contribution in [2.45, 2.75) is 31.7 Å². The number of carbonyl (C=O) groups excluding carboxylic acids is 1. The molecule has 94 valence electrons. The summed E-state index contributed by atoms with van der Waals surface area (Å²) in [6.07, 6.45) is 8.11. The van der Waals surface area contributed by atoms with E-state index in [1.807, 2.05) is 4.68 Å². The summed E-state index contributed by atoms with van der Waals surface area (Å²) in [5.74, 6) is -0.339.